The first-order valence-electron chi connectivity index (χ1n) is 5.74. The molecular formula is C12H19NO5S. The molecule has 0 saturated carbocycles. The zero-order valence-corrected chi connectivity index (χ0v) is 11.9. The van der Waals surface area contributed by atoms with Crippen molar-refractivity contribution in [2.45, 2.75) is 4.90 Å². The molecule has 0 aliphatic rings. The summed E-state index contributed by atoms with van der Waals surface area (Å²) in [6, 6.07) is 4.39. The van der Waals surface area contributed by atoms with E-state index in [9.17, 15) is 8.42 Å². The average molecular weight is 289 g/mol. The maximum Gasteiger partial charge on any atom is 0.175 e. The molecule has 2 N–H and O–H groups in total. The largest absolute Gasteiger partial charge is 0.489 e. The van der Waals surface area contributed by atoms with Gasteiger partial charge in [0.2, 0.25) is 0 Å². The summed E-state index contributed by atoms with van der Waals surface area (Å²) in [5.74, 6) is 0.447. The molecule has 1 aromatic rings. The van der Waals surface area contributed by atoms with Gasteiger partial charge in [0, 0.05) is 13.4 Å². The van der Waals surface area contributed by atoms with E-state index in [1.165, 1.54) is 12.1 Å². The van der Waals surface area contributed by atoms with Gasteiger partial charge in [-0.3, -0.25) is 0 Å². The summed E-state index contributed by atoms with van der Waals surface area (Å²) in [7, 11) is -1.65. The topological polar surface area (TPSA) is 87.9 Å². The van der Waals surface area contributed by atoms with Crippen molar-refractivity contribution in [1.82, 2.24) is 0 Å². The molecule has 0 aromatic heterocycles. The fourth-order valence-corrected chi connectivity index (χ4v) is 2.00. The molecular weight excluding hydrogens is 270 g/mol. The molecule has 0 amide bonds. The number of benzene rings is 1. The Labute approximate surface area is 113 Å². The van der Waals surface area contributed by atoms with Crippen LogP contribution in [0, 0.1) is 0 Å². The summed E-state index contributed by atoms with van der Waals surface area (Å²) in [6.07, 6.45) is 1.13. The maximum atomic E-state index is 11.3. The molecule has 0 radical (unpaired) electrons. The standard InChI is InChI=1S/C12H19NO5S/c1-16-5-6-17-7-8-18-12-4-3-10(9-11(12)13)19(2,14)15/h3-4,9H,5-8,13H2,1-2H3. The highest BCUT2D eigenvalue weighted by Crippen LogP contribution is 2.24. The van der Waals surface area contributed by atoms with Crippen LogP contribution in [-0.4, -0.2) is 48.2 Å². The van der Waals surface area contributed by atoms with E-state index >= 15 is 0 Å². The molecule has 0 saturated heterocycles. The Morgan fingerprint density at radius 2 is 1.84 bits per heavy atom. The minimum atomic E-state index is -3.25. The van der Waals surface area contributed by atoms with Gasteiger partial charge >= 0.3 is 0 Å². The zero-order valence-electron chi connectivity index (χ0n) is 11.1. The van der Waals surface area contributed by atoms with E-state index in [0.717, 1.165) is 6.26 Å². The van der Waals surface area contributed by atoms with Gasteiger partial charge in [-0.1, -0.05) is 0 Å². The van der Waals surface area contributed by atoms with Crippen LogP contribution >= 0.6 is 0 Å². The number of hydrogen-bond acceptors (Lipinski definition) is 6. The molecule has 19 heavy (non-hydrogen) atoms. The number of sulfone groups is 1. The quantitative estimate of drug-likeness (QED) is 0.560. The summed E-state index contributed by atoms with van der Waals surface area (Å²) in [4.78, 5) is 0.175. The van der Waals surface area contributed by atoms with Crippen LogP contribution in [0.1, 0.15) is 0 Å². The lowest BCUT2D eigenvalue weighted by Gasteiger charge is -2.10. The first-order chi connectivity index (χ1) is 8.95. The van der Waals surface area contributed by atoms with E-state index in [0.29, 0.717) is 37.9 Å². The minimum Gasteiger partial charge on any atom is -0.489 e. The van der Waals surface area contributed by atoms with Gasteiger partial charge in [-0.2, -0.15) is 0 Å². The lowest BCUT2D eigenvalue weighted by Crippen LogP contribution is -2.11. The number of nitrogen functional groups attached to an aromatic ring is 1. The van der Waals surface area contributed by atoms with Gasteiger partial charge in [0.25, 0.3) is 0 Å². The predicted molar refractivity (Wildman–Crippen MR) is 72.2 cm³/mol. The van der Waals surface area contributed by atoms with E-state index in [2.05, 4.69) is 0 Å². The highest BCUT2D eigenvalue weighted by molar-refractivity contribution is 7.90. The lowest BCUT2D eigenvalue weighted by molar-refractivity contribution is 0.0545. The number of anilines is 1. The third-order valence-corrected chi connectivity index (χ3v) is 3.44. The Kier molecular flexibility index (Phi) is 6.07. The molecule has 7 heteroatoms. The average Bonchev–Trinajstić information content (AvgIpc) is 2.34. The van der Waals surface area contributed by atoms with Crippen LogP contribution < -0.4 is 10.5 Å². The first-order valence-corrected chi connectivity index (χ1v) is 7.63. The van der Waals surface area contributed by atoms with Crippen molar-refractivity contribution in [3.05, 3.63) is 18.2 Å². The lowest BCUT2D eigenvalue weighted by atomic mass is 10.3. The Morgan fingerprint density at radius 3 is 2.42 bits per heavy atom. The van der Waals surface area contributed by atoms with Crippen LogP contribution in [0.5, 0.6) is 5.75 Å². The van der Waals surface area contributed by atoms with Crippen molar-refractivity contribution in [3.8, 4) is 5.75 Å². The van der Waals surface area contributed by atoms with Crippen LogP contribution in [0.15, 0.2) is 23.1 Å². The third-order valence-electron chi connectivity index (χ3n) is 2.33. The molecule has 1 rings (SSSR count). The van der Waals surface area contributed by atoms with E-state index in [-0.39, 0.29) is 4.90 Å². The highest BCUT2D eigenvalue weighted by Gasteiger charge is 2.09. The molecule has 108 valence electrons. The van der Waals surface area contributed by atoms with Gasteiger partial charge in [-0.25, -0.2) is 8.42 Å². The van der Waals surface area contributed by atoms with Gasteiger partial charge in [-0.05, 0) is 18.2 Å². The van der Waals surface area contributed by atoms with Crippen LogP contribution in [0.25, 0.3) is 0 Å². The summed E-state index contributed by atoms with van der Waals surface area (Å²) < 4.78 is 38.1. The number of hydrogen-bond donors (Lipinski definition) is 1. The second-order valence-corrected chi connectivity index (χ2v) is 5.94. The van der Waals surface area contributed by atoms with Crippen LogP contribution in [0.4, 0.5) is 5.69 Å². The van der Waals surface area contributed by atoms with E-state index in [1.807, 2.05) is 0 Å². The number of rotatable bonds is 8. The fourth-order valence-electron chi connectivity index (χ4n) is 1.34. The number of nitrogens with two attached hydrogens (primary N) is 1. The second kappa shape index (κ2) is 7.32. The number of ether oxygens (including phenoxy) is 3. The second-order valence-electron chi connectivity index (χ2n) is 3.93. The van der Waals surface area contributed by atoms with Gasteiger partial charge in [0.15, 0.2) is 9.84 Å². The van der Waals surface area contributed by atoms with Gasteiger partial charge in [0.05, 0.1) is 30.4 Å². The first kappa shape index (κ1) is 15.7. The van der Waals surface area contributed by atoms with Crippen molar-refractivity contribution < 1.29 is 22.6 Å². The molecule has 0 aliphatic carbocycles. The molecule has 0 unspecified atom stereocenters. The summed E-state index contributed by atoms with van der Waals surface area (Å²) >= 11 is 0. The van der Waals surface area contributed by atoms with Crippen LogP contribution in [0.2, 0.25) is 0 Å². The smallest absolute Gasteiger partial charge is 0.175 e. The van der Waals surface area contributed by atoms with Crippen molar-refractivity contribution >= 4 is 15.5 Å². The normalized spacial score (nSPS) is 11.5. The van der Waals surface area contributed by atoms with Crippen molar-refractivity contribution in [2.24, 2.45) is 0 Å². The molecule has 0 atom stereocenters. The fraction of sp³-hybridized carbons (Fsp3) is 0.500. The molecule has 6 nitrogen and oxygen atoms in total. The molecule has 0 heterocycles. The van der Waals surface area contributed by atoms with Gasteiger partial charge in [-0.15, -0.1) is 0 Å². The Hall–Kier alpha value is -1.31. The van der Waals surface area contributed by atoms with Crippen molar-refractivity contribution in [2.75, 3.05) is 45.5 Å². The van der Waals surface area contributed by atoms with Gasteiger partial charge in [0.1, 0.15) is 12.4 Å². The predicted octanol–water partition coefficient (Wildman–Crippen LogP) is 0.714. The molecule has 0 spiro atoms. The highest BCUT2D eigenvalue weighted by atomic mass is 32.2. The minimum absolute atomic E-state index is 0.175. The Balaban J connectivity index is 2.47. The SMILES string of the molecule is COCCOCCOc1ccc(S(C)(=O)=O)cc1N. The van der Waals surface area contributed by atoms with Crippen molar-refractivity contribution in [1.29, 1.82) is 0 Å². The molecule has 1 aromatic carbocycles. The number of methoxy groups -OCH3 is 1. The van der Waals surface area contributed by atoms with Crippen molar-refractivity contribution in [3.63, 3.8) is 0 Å². The van der Waals surface area contributed by atoms with Crippen LogP contribution in [-0.2, 0) is 19.3 Å². The molecule has 0 bridgehead atoms. The molecule has 0 fully saturated rings. The van der Waals surface area contributed by atoms with E-state index in [1.54, 1.807) is 13.2 Å². The van der Waals surface area contributed by atoms with E-state index in [4.69, 9.17) is 19.9 Å². The van der Waals surface area contributed by atoms with Crippen LogP contribution in [0.3, 0.4) is 0 Å². The summed E-state index contributed by atoms with van der Waals surface area (Å²) in [6.45, 7) is 1.79. The molecule has 0 aliphatic heterocycles. The zero-order chi connectivity index (χ0) is 14.3. The third kappa shape index (κ3) is 5.46. The summed E-state index contributed by atoms with van der Waals surface area (Å²) in [5, 5.41) is 0. The Morgan fingerprint density at radius 1 is 1.16 bits per heavy atom. The Bertz CT molecular complexity index is 501. The summed E-state index contributed by atoms with van der Waals surface area (Å²) in [5.41, 5.74) is 6.02. The maximum absolute atomic E-state index is 11.3. The van der Waals surface area contributed by atoms with Gasteiger partial charge < -0.3 is 19.9 Å². The monoisotopic (exact) mass is 289 g/mol. The van der Waals surface area contributed by atoms with E-state index < -0.39 is 9.84 Å².